The number of aromatic nitrogens is 1. The summed E-state index contributed by atoms with van der Waals surface area (Å²) in [7, 11) is -3.69. The number of H-pyrrole nitrogens is 1. The van der Waals surface area contributed by atoms with Crippen LogP contribution in [0, 0.1) is 0 Å². The molecule has 0 bridgehead atoms. The number of carbonyl (C=O) groups is 1. The highest BCUT2D eigenvalue weighted by molar-refractivity contribution is 7.89. The topological polar surface area (TPSA) is 94.3 Å². The molecule has 7 nitrogen and oxygen atoms in total. The molecule has 0 radical (unpaired) electrons. The van der Waals surface area contributed by atoms with Gasteiger partial charge in [-0.3, -0.25) is 0 Å². The molecule has 33 heavy (non-hydrogen) atoms. The SMILES string of the molecule is C[C@@H]1CCC[C@H](CNC(=O)NCCc2c[nH]c3ccccc23)N1S(=O)(=O)c1ccc(Cl)cc1. The third-order valence-corrected chi connectivity index (χ3v) is 8.53. The second-order valence-electron chi connectivity index (χ2n) is 8.47. The fourth-order valence-electron chi connectivity index (χ4n) is 4.54. The Hall–Kier alpha value is -2.55. The number of benzene rings is 2. The highest BCUT2D eigenvalue weighted by atomic mass is 35.5. The molecule has 3 N–H and O–H groups in total. The Kier molecular flexibility index (Phi) is 7.26. The predicted molar refractivity (Wildman–Crippen MR) is 131 cm³/mol. The van der Waals surface area contributed by atoms with Crippen molar-refractivity contribution in [2.45, 2.75) is 49.6 Å². The van der Waals surface area contributed by atoms with Gasteiger partial charge >= 0.3 is 6.03 Å². The maximum Gasteiger partial charge on any atom is 0.314 e. The van der Waals surface area contributed by atoms with Crippen molar-refractivity contribution in [3.63, 3.8) is 0 Å². The van der Waals surface area contributed by atoms with E-state index in [4.69, 9.17) is 11.6 Å². The number of hydrogen-bond acceptors (Lipinski definition) is 3. The third kappa shape index (κ3) is 5.34. The lowest BCUT2D eigenvalue weighted by Gasteiger charge is -2.39. The summed E-state index contributed by atoms with van der Waals surface area (Å²) < 4.78 is 28.2. The second-order valence-corrected chi connectivity index (χ2v) is 10.7. The van der Waals surface area contributed by atoms with Crippen LogP contribution in [-0.4, -0.2) is 48.9 Å². The standard InChI is InChI=1S/C24H29ClN4O3S/c1-17-5-4-6-20(29(17)33(31,32)21-11-9-19(25)10-12-21)16-28-24(30)26-14-13-18-15-27-23-8-3-2-7-22(18)23/h2-3,7-12,15,17,20,27H,4-6,13-14,16H2,1H3,(H2,26,28,30)/t17-,20-/m1/s1. The Morgan fingerprint density at radius 2 is 1.88 bits per heavy atom. The molecule has 3 aromatic rings. The summed E-state index contributed by atoms with van der Waals surface area (Å²) in [5, 5.41) is 7.39. The first-order valence-electron chi connectivity index (χ1n) is 11.2. The summed E-state index contributed by atoms with van der Waals surface area (Å²) in [6.45, 7) is 2.67. The van der Waals surface area contributed by atoms with Crippen molar-refractivity contribution in [3.05, 3.63) is 65.3 Å². The Labute approximate surface area is 199 Å². The predicted octanol–water partition coefficient (Wildman–Crippen LogP) is 4.29. The maximum absolute atomic E-state index is 13.3. The van der Waals surface area contributed by atoms with Gasteiger partial charge in [0, 0.05) is 47.3 Å². The second kappa shape index (κ2) is 10.2. The van der Waals surface area contributed by atoms with Crippen LogP contribution in [0.15, 0.2) is 59.6 Å². The van der Waals surface area contributed by atoms with Gasteiger partial charge < -0.3 is 15.6 Å². The molecule has 2 atom stereocenters. The lowest BCUT2D eigenvalue weighted by Crippen LogP contribution is -2.54. The molecule has 0 saturated carbocycles. The number of amides is 2. The molecule has 4 rings (SSSR count). The Morgan fingerprint density at radius 1 is 1.12 bits per heavy atom. The summed E-state index contributed by atoms with van der Waals surface area (Å²) >= 11 is 5.93. The highest BCUT2D eigenvalue weighted by Crippen LogP contribution is 2.30. The Morgan fingerprint density at radius 3 is 2.67 bits per heavy atom. The average Bonchev–Trinajstić information content (AvgIpc) is 3.21. The number of nitrogens with zero attached hydrogens (tertiary/aromatic N) is 1. The monoisotopic (exact) mass is 488 g/mol. The van der Waals surface area contributed by atoms with Gasteiger partial charge in [-0.15, -0.1) is 0 Å². The molecule has 0 aliphatic carbocycles. The van der Waals surface area contributed by atoms with Crippen LogP contribution < -0.4 is 10.6 Å². The van der Waals surface area contributed by atoms with Crippen LogP contribution in [0.3, 0.4) is 0 Å². The van der Waals surface area contributed by atoms with Gasteiger partial charge in [0.05, 0.1) is 4.90 Å². The van der Waals surface area contributed by atoms with Gasteiger partial charge in [-0.1, -0.05) is 36.2 Å². The number of aromatic amines is 1. The molecule has 9 heteroatoms. The van der Waals surface area contributed by atoms with Crippen LogP contribution in [0.2, 0.25) is 5.02 Å². The number of sulfonamides is 1. The molecule has 2 amide bonds. The van der Waals surface area contributed by atoms with Crippen LogP contribution >= 0.6 is 11.6 Å². The minimum Gasteiger partial charge on any atom is -0.361 e. The van der Waals surface area contributed by atoms with Crippen LogP contribution in [0.25, 0.3) is 10.9 Å². The van der Waals surface area contributed by atoms with Crippen LogP contribution in [-0.2, 0) is 16.4 Å². The van der Waals surface area contributed by atoms with Crippen molar-refractivity contribution in [3.8, 4) is 0 Å². The van der Waals surface area contributed by atoms with E-state index in [1.165, 1.54) is 12.1 Å². The minimum absolute atomic E-state index is 0.142. The van der Waals surface area contributed by atoms with Crippen molar-refractivity contribution < 1.29 is 13.2 Å². The van der Waals surface area contributed by atoms with Crippen molar-refractivity contribution in [1.29, 1.82) is 0 Å². The zero-order valence-electron chi connectivity index (χ0n) is 18.6. The zero-order chi connectivity index (χ0) is 23.4. The number of nitrogens with one attached hydrogen (secondary N) is 3. The molecular weight excluding hydrogens is 460 g/mol. The van der Waals surface area contributed by atoms with E-state index in [2.05, 4.69) is 21.7 Å². The van der Waals surface area contributed by atoms with Crippen LogP contribution in [0.4, 0.5) is 4.79 Å². The average molecular weight is 489 g/mol. The molecule has 1 aromatic heterocycles. The van der Waals surface area contributed by atoms with Crippen LogP contribution in [0.1, 0.15) is 31.7 Å². The summed E-state index contributed by atoms with van der Waals surface area (Å²) in [5.41, 5.74) is 2.22. The summed E-state index contributed by atoms with van der Waals surface area (Å²) in [4.78, 5) is 15.9. The van der Waals surface area contributed by atoms with Gasteiger partial charge in [0.25, 0.3) is 0 Å². The molecule has 1 aliphatic heterocycles. The lowest BCUT2D eigenvalue weighted by molar-refractivity contribution is 0.185. The van der Waals surface area contributed by atoms with E-state index in [9.17, 15) is 13.2 Å². The van der Waals surface area contributed by atoms with Crippen molar-refractivity contribution in [2.75, 3.05) is 13.1 Å². The molecule has 2 aromatic carbocycles. The highest BCUT2D eigenvalue weighted by Gasteiger charge is 2.37. The van der Waals surface area contributed by atoms with Crippen molar-refractivity contribution >= 4 is 38.6 Å². The van der Waals surface area contributed by atoms with Crippen LogP contribution in [0.5, 0.6) is 0 Å². The smallest absolute Gasteiger partial charge is 0.314 e. The number of hydrogen-bond donors (Lipinski definition) is 3. The number of urea groups is 1. The van der Waals surface area contributed by atoms with E-state index >= 15 is 0 Å². The zero-order valence-corrected chi connectivity index (χ0v) is 20.1. The largest absolute Gasteiger partial charge is 0.361 e. The molecule has 0 spiro atoms. The van der Waals surface area contributed by atoms with Gasteiger partial charge in [0.1, 0.15) is 0 Å². The maximum atomic E-state index is 13.3. The number of carbonyl (C=O) groups excluding carboxylic acids is 1. The molecule has 1 fully saturated rings. The molecule has 0 unspecified atom stereocenters. The Bertz CT molecular complexity index is 1210. The first kappa shape index (κ1) is 23.6. The van der Waals surface area contributed by atoms with E-state index in [-0.39, 0.29) is 29.6 Å². The van der Waals surface area contributed by atoms with E-state index in [1.54, 1.807) is 16.4 Å². The molecule has 1 aliphatic rings. The molecular formula is C24H29ClN4O3S. The fraction of sp³-hybridized carbons (Fsp3) is 0.375. The van der Waals surface area contributed by atoms with Gasteiger partial charge in [-0.25, -0.2) is 13.2 Å². The van der Waals surface area contributed by atoms with Crippen molar-refractivity contribution in [2.24, 2.45) is 0 Å². The summed E-state index contributed by atoms with van der Waals surface area (Å²) in [6.07, 6.45) is 5.08. The van der Waals surface area contributed by atoms with Gasteiger partial charge in [0.2, 0.25) is 10.0 Å². The number of fused-ring (bicyclic) bond motifs is 1. The number of halogens is 1. The van der Waals surface area contributed by atoms with Gasteiger partial charge in [0.15, 0.2) is 0 Å². The van der Waals surface area contributed by atoms with E-state index in [0.717, 1.165) is 29.3 Å². The van der Waals surface area contributed by atoms with Gasteiger partial charge in [-0.05, 0) is 62.1 Å². The first-order valence-corrected chi connectivity index (χ1v) is 13.0. The fourth-order valence-corrected chi connectivity index (χ4v) is 6.54. The quantitative estimate of drug-likeness (QED) is 0.463. The van der Waals surface area contributed by atoms with E-state index in [1.807, 2.05) is 31.3 Å². The molecule has 1 saturated heterocycles. The molecule has 176 valence electrons. The number of rotatable bonds is 7. The number of para-hydroxylation sites is 1. The van der Waals surface area contributed by atoms with Crippen molar-refractivity contribution in [1.82, 2.24) is 19.9 Å². The summed E-state index contributed by atoms with van der Waals surface area (Å²) in [6, 6.07) is 13.5. The van der Waals surface area contributed by atoms with Gasteiger partial charge in [-0.2, -0.15) is 4.31 Å². The van der Waals surface area contributed by atoms with E-state index < -0.39 is 10.0 Å². The number of piperidine rings is 1. The first-order chi connectivity index (χ1) is 15.9. The molecule has 2 heterocycles. The van der Waals surface area contributed by atoms with E-state index in [0.29, 0.717) is 24.4 Å². The lowest BCUT2D eigenvalue weighted by atomic mass is 9.99. The normalized spacial score (nSPS) is 19.5. The summed E-state index contributed by atoms with van der Waals surface area (Å²) in [5.74, 6) is 0. The Balaban J connectivity index is 1.34. The third-order valence-electron chi connectivity index (χ3n) is 6.20. The minimum atomic E-state index is -3.69.